The van der Waals surface area contributed by atoms with E-state index in [4.69, 9.17) is 9.72 Å². The Labute approximate surface area is 166 Å². The van der Waals surface area contributed by atoms with Gasteiger partial charge in [0, 0.05) is 30.9 Å². The van der Waals surface area contributed by atoms with Crippen LogP contribution in [0.4, 0.5) is 11.6 Å². The molecule has 1 aliphatic heterocycles. The molecule has 1 aromatic heterocycles. The minimum Gasteiger partial charge on any atom is -0.492 e. The van der Waals surface area contributed by atoms with E-state index in [0.29, 0.717) is 18.8 Å². The number of nitrogens with one attached hydrogen (secondary N) is 1. The number of hydrogen-bond acceptors (Lipinski definition) is 5. The fraction of sp³-hybridized carbons (Fsp3) is 0.500. The van der Waals surface area contributed by atoms with Crippen molar-refractivity contribution in [1.82, 2.24) is 9.97 Å². The predicted molar refractivity (Wildman–Crippen MR) is 110 cm³/mol. The Morgan fingerprint density at radius 1 is 1.25 bits per heavy atom. The van der Waals surface area contributed by atoms with Gasteiger partial charge in [-0.15, -0.1) is 0 Å². The zero-order valence-corrected chi connectivity index (χ0v) is 16.5. The fourth-order valence-electron chi connectivity index (χ4n) is 4.05. The van der Waals surface area contributed by atoms with Crippen LogP contribution in [0, 0.1) is 5.92 Å². The van der Waals surface area contributed by atoms with Gasteiger partial charge in [-0.1, -0.05) is 12.1 Å². The molecule has 1 fully saturated rings. The van der Waals surface area contributed by atoms with Crippen LogP contribution >= 0.6 is 0 Å². The quantitative estimate of drug-likeness (QED) is 0.858. The molecule has 4 rings (SSSR count). The van der Waals surface area contributed by atoms with Crippen molar-refractivity contribution >= 4 is 17.5 Å². The standard InChI is InChI=1S/C22H28N4O2/c1-2-28-20-9-5-4-8-19(20)24-21(27)16-10-11-18-17(14-16)15-23-22(25-18)26-12-6-3-7-13-26/h4-5,8-9,15-16H,2-3,6-7,10-14H2,1H3,(H,24,27). The van der Waals surface area contributed by atoms with Crippen LogP contribution in [0.25, 0.3) is 0 Å². The van der Waals surface area contributed by atoms with Crippen LogP contribution < -0.4 is 15.0 Å². The smallest absolute Gasteiger partial charge is 0.227 e. The second kappa shape index (κ2) is 8.59. The molecule has 1 atom stereocenters. The molecule has 1 aromatic carbocycles. The van der Waals surface area contributed by atoms with Gasteiger partial charge in [0.05, 0.1) is 12.3 Å². The first-order valence-corrected chi connectivity index (χ1v) is 10.4. The van der Waals surface area contributed by atoms with Crippen LogP contribution in [0.5, 0.6) is 5.75 Å². The number of carbonyl (C=O) groups is 1. The lowest BCUT2D eigenvalue weighted by molar-refractivity contribution is -0.120. The summed E-state index contributed by atoms with van der Waals surface area (Å²) in [5.41, 5.74) is 2.94. The van der Waals surface area contributed by atoms with Crippen molar-refractivity contribution in [2.24, 2.45) is 5.92 Å². The molecule has 1 unspecified atom stereocenters. The molecule has 148 valence electrons. The van der Waals surface area contributed by atoms with Crippen LogP contribution in [-0.4, -0.2) is 35.6 Å². The number of amides is 1. The van der Waals surface area contributed by atoms with E-state index >= 15 is 0 Å². The van der Waals surface area contributed by atoms with E-state index in [1.165, 1.54) is 19.3 Å². The first kappa shape index (κ1) is 18.7. The molecule has 0 saturated carbocycles. The second-order valence-corrected chi connectivity index (χ2v) is 7.55. The summed E-state index contributed by atoms with van der Waals surface area (Å²) in [4.78, 5) is 24.5. The SMILES string of the molecule is CCOc1ccccc1NC(=O)C1CCc2nc(N3CCCCC3)ncc2C1. The summed E-state index contributed by atoms with van der Waals surface area (Å²) < 4.78 is 5.61. The highest BCUT2D eigenvalue weighted by molar-refractivity contribution is 5.94. The highest BCUT2D eigenvalue weighted by Crippen LogP contribution is 2.29. The average molecular weight is 380 g/mol. The number of aromatic nitrogens is 2. The largest absolute Gasteiger partial charge is 0.492 e. The van der Waals surface area contributed by atoms with Crippen molar-refractivity contribution in [3.8, 4) is 5.75 Å². The van der Waals surface area contributed by atoms with E-state index in [2.05, 4.69) is 15.2 Å². The number of piperidine rings is 1. The lowest BCUT2D eigenvalue weighted by Crippen LogP contribution is -2.32. The number of hydrogen-bond donors (Lipinski definition) is 1. The third-order valence-electron chi connectivity index (χ3n) is 5.59. The van der Waals surface area contributed by atoms with Crippen LogP contribution in [0.15, 0.2) is 30.5 Å². The van der Waals surface area contributed by atoms with E-state index in [1.807, 2.05) is 37.4 Å². The molecule has 1 N–H and O–H groups in total. The molecule has 6 heteroatoms. The first-order valence-electron chi connectivity index (χ1n) is 10.4. The highest BCUT2D eigenvalue weighted by atomic mass is 16.5. The highest BCUT2D eigenvalue weighted by Gasteiger charge is 2.27. The average Bonchev–Trinajstić information content (AvgIpc) is 2.75. The molecule has 2 aliphatic rings. The van der Waals surface area contributed by atoms with Gasteiger partial charge in [-0.3, -0.25) is 4.79 Å². The van der Waals surface area contributed by atoms with E-state index < -0.39 is 0 Å². The minimum atomic E-state index is -0.0633. The minimum absolute atomic E-state index is 0.0397. The van der Waals surface area contributed by atoms with Crippen LogP contribution in [0.2, 0.25) is 0 Å². The maximum absolute atomic E-state index is 12.8. The summed E-state index contributed by atoms with van der Waals surface area (Å²) in [5, 5.41) is 3.05. The number of carbonyl (C=O) groups excluding carboxylic acids is 1. The summed E-state index contributed by atoms with van der Waals surface area (Å²) in [6.07, 6.45) is 7.98. The number of aryl methyl sites for hydroxylation is 1. The van der Waals surface area contributed by atoms with E-state index in [1.54, 1.807) is 0 Å². The number of rotatable bonds is 5. The van der Waals surface area contributed by atoms with Gasteiger partial charge in [0.1, 0.15) is 5.75 Å². The van der Waals surface area contributed by atoms with Gasteiger partial charge in [0.25, 0.3) is 0 Å². The molecule has 0 bridgehead atoms. The molecular weight excluding hydrogens is 352 g/mol. The molecule has 0 spiro atoms. The lowest BCUT2D eigenvalue weighted by atomic mass is 9.86. The topological polar surface area (TPSA) is 67.3 Å². The number of anilines is 2. The number of para-hydroxylation sites is 2. The monoisotopic (exact) mass is 380 g/mol. The van der Waals surface area contributed by atoms with Crippen molar-refractivity contribution in [3.05, 3.63) is 41.7 Å². The Bertz CT molecular complexity index is 833. The molecular formula is C22H28N4O2. The van der Waals surface area contributed by atoms with E-state index in [9.17, 15) is 4.79 Å². The second-order valence-electron chi connectivity index (χ2n) is 7.55. The van der Waals surface area contributed by atoms with Gasteiger partial charge in [0.2, 0.25) is 11.9 Å². The number of fused-ring (bicyclic) bond motifs is 1. The van der Waals surface area contributed by atoms with Crippen molar-refractivity contribution in [3.63, 3.8) is 0 Å². The summed E-state index contributed by atoms with van der Waals surface area (Å²) in [5.74, 6) is 1.54. The predicted octanol–water partition coefficient (Wildman–Crippen LogP) is 3.61. The number of ether oxygens (including phenoxy) is 1. The first-order chi connectivity index (χ1) is 13.7. The van der Waals surface area contributed by atoms with Gasteiger partial charge < -0.3 is 15.0 Å². The summed E-state index contributed by atoms with van der Waals surface area (Å²) in [6, 6.07) is 7.58. The van der Waals surface area contributed by atoms with Crippen molar-refractivity contribution in [2.75, 3.05) is 29.9 Å². The third-order valence-corrected chi connectivity index (χ3v) is 5.59. The molecule has 0 radical (unpaired) electrons. The summed E-state index contributed by atoms with van der Waals surface area (Å²) in [7, 11) is 0. The molecule has 1 saturated heterocycles. The molecule has 28 heavy (non-hydrogen) atoms. The zero-order valence-electron chi connectivity index (χ0n) is 16.5. The molecule has 1 aliphatic carbocycles. The molecule has 2 heterocycles. The maximum atomic E-state index is 12.8. The van der Waals surface area contributed by atoms with Gasteiger partial charge in [0.15, 0.2) is 0 Å². The van der Waals surface area contributed by atoms with Crippen LogP contribution in [-0.2, 0) is 17.6 Å². The van der Waals surface area contributed by atoms with Gasteiger partial charge >= 0.3 is 0 Å². The van der Waals surface area contributed by atoms with Gasteiger partial charge in [-0.05, 0) is 63.1 Å². The van der Waals surface area contributed by atoms with Crippen LogP contribution in [0.3, 0.4) is 0 Å². The van der Waals surface area contributed by atoms with Gasteiger partial charge in [-0.2, -0.15) is 0 Å². The van der Waals surface area contributed by atoms with Crippen LogP contribution in [0.1, 0.15) is 43.9 Å². The molecule has 2 aromatic rings. The molecule has 1 amide bonds. The van der Waals surface area contributed by atoms with E-state index in [-0.39, 0.29) is 11.8 Å². The normalized spacial score (nSPS) is 19.0. The number of nitrogens with zero attached hydrogens (tertiary/aromatic N) is 3. The summed E-state index contributed by atoms with van der Waals surface area (Å²) in [6.45, 7) is 4.60. The third kappa shape index (κ3) is 4.11. The lowest BCUT2D eigenvalue weighted by Gasteiger charge is -2.28. The Hall–Kier alpha value is -2.63. The zero-order chi connectivity index (χ0) is 19.3. The summed E-state index contributed by atoms with van der Waals surface area (Å²) >= 11 is 0. The Morgan fingerprint density at radius 2 is 2.07 bits per heavy atom. The van der Waals surface area contributed by atoms with Crippen molar-refractivity contribution in [1.29, 1.82) is 0 Å². The maximum Gasteiger partial charge on any atom is 0.227 e. The number of benzene rings is 1. The van der Waals surface area contributed by atoms with Gasteiger partial charge in [-0.25, -0.2) is 9.97 Å². The van der Waals surface area contributed by atoms with Crippen molar-refractivity contribution in [2.45, 2.75) is 45.4 Å². The van der Waals surface area contributed by atoms with Crippen molar-refractivity contribution < 1.29 is 9.53 Å². The Balaban J connectivity index is 1.43. The fourth-order valence-corrected chi connectivity index (χ4v) is 4.05. The van der Waals surface area contributed by atoms with E-state index in [0.717, 1.165) is 48.8 Å². The Kier molecular flexibility index (Phi) is 5.74. The Morgan fingerprint density at radius 3 is 2.89 bits per heavy atom. The molecule has 6 nitrogen and oxygen atoms in total.